The zero-order valence-corrected chi connectivity index (χ0v) is 21.7. The van der Waals surface area contributed by atoms with Gasteiger partial charge in [-0.1, -0.05) is 50.2 Å². The first-order valence-electron chi connectivity index (χ1n) is 12.6. The van der Waals surface area contributed by atoms with Crippen LogP contribution in [0.4, 0.5) is 0 Å². The summed E-state index contributed by atoms with van der Waals surface area (Å²) in [5, 5.41) is 0. The molecule has 5 aromatic rings. The summed E-state index contributed by atoms with van der Waals surface area (Å²) < 4.78 is 6.76. The second-order valence-electron chi connectivity index (χ2n) is 10.5. The predicted molar refractivity (Wildman–Crippen MR) is 143 cm³/mol. The van der Waals surface area contributed by atoms with Gasteiger partial charge in [-0.25, -0.2) is 4.57 Å². The Labute approximate surface area is 213 Å². The van der Waals surface area contributed by atoms with E-state index in [4.69, 9.17) is 0 Å². The maximum atomic E-state index is 2.39. The normalized spacial score (nSPS) is 13.4. The molecule has 3 aromatic heterocycles. The summed E-state index contributed by atoms with van der Waals surface area (Å²) in [5.41, 5.74) is 12.7. The Bertz CT molecular complexity index is 1630. The van der Waals surface area contributed by atoms with Crippen molar-refractivity contribution in [2.24, 2.45) is 7.05 Å². The van der Waals surface area contributed by atoms with E-state index >= 15 is 0 Å². The fourth-order valence-electron chi connectivity index (χ4n) is 5.68. The van der Waals surface area contributed by atoms with E-state index in [1.807, 2.05) is 0 Å². The highest BCUT2D eigenvalue weighted by molar-refractivity contribution is 5.77. The van der Waals surface area contributed by atoms with Crippen LogP contribution in [0.15, 0.2) is 104 Å². The van der Waals surface area contributed by atoms with Crippen molar-refractivity contribution in [2.45, 2.75) is 33.1 Å². The topological polar surface area (TPSA) is 11.6 Å². The Balaban J connectivity index is 1.42. The van der Waals surface area contributed by atoms with Crippen LogP contribution < -0.4 is 13.7 Å². The Morgan fingerprint density at radius 3 is 1.83 bits per heavy atom. The number of pyridine rings is 3. The molecular weight excluding hydrogens is 438 g/mol. The lowest BCUT2D eigenvalue weighted by atomic mass is 9.82. The minimum absolute atomic E-state index is 0.0972. The van der Waals surface area contributed by atoms with Crippen molar-refractivity contribution in [1.29, 1.82) is 0 Å². The van der Waals surface area contributed by atoms with Gasteiger partial charge in [0.05, 0.1) is 5.56 Å². The highest BCUT2D eigenvalue weighted by atomic mass is 15.0. The molecule has 0 saturated heterocycles. The molecule has 0 saturated carbocycles. The van der Waals surface area contributed by atoms with Gasteiger partial charge in [0.25, 0.3) is 0 Å². The molecule has 3 nitrogen and oxygen atoms in total. The Hall–Kier alpha value is -4.11. The van der Waals surface area contributed by atoms with E-state index in [0.717, 1.165) is 0 Å². The number of aryl methyl sites for hydroxylation is 3. The highest BCUT2D eigenvalue weighted by Gasteiger charge is 2.43. The lowest BCUT2D eigenvalue weighted by Crippen LogP contribution is -2.33. The molecule has 3 heterocycles. The maximum absolute atomic E-state index is 2.39. The summed E-state index contributed by atoms with van der Waals surface area (Å²) in [4.78, 5) is 0. The van der Waals surface area contributed by atoms with Crippen molar-refractivity contribution in [3.05, 3.63) is 126 Å². The van der Waals surface area contributed by atoms with Gasteiger partial charge in [0.15, 0.2) is 31.0 Å². The van der Waals surface area contributed by atoms with Gasteiger partial charge in [0.2, 0.25) is 17.1 Å². The molecule has 0 bridgehead atoms. The summed E-state index contributed by atoms with van der Waals surface area (Å²) >= 11 is 0. The van der Waals surface area contributed by atoms with Gasteiger partial charge in [-0.2, -0.15) is 9.13 Å². The van der Waals surface area contributed by atoms with Crippen LogP contribution in [0.5, 0.6) is 0 Å². The van der Waals surface area contributed by atoms with Crippen LogP contribution in [0.2, 0.25) is 0 Å². The van der Waals surface area contributed by atoms with Crippen molar-refractivity contribution in [2.75, 3.05) is 0 Å². The Morgan fingerprint density at radius 1 is 0.611 bits per heavy atom. The monoisotopic (exact) mass is 470 g/mol. The first kappa shape index (κ1) is 22.4. The fourth-order valence-corrected chi connectivity index (χ4v) is 5.68. The largest absolute Gasteiger partial charge is 0.217 e. The van der Waals surface area contributed by atoms with Gasteiger partial charge in [0.1, 0.15) is 7.05 Å². The van der Waals surface area contributed by atoms with E-state index in [-0.39, 0.29) is 5.41 Å². The van der Waals surface area contributed by atoms with Crippen molar-refractivity contribution >= 4 is 0 Å². The lowest BCUT2D eigenvalue weighted by Gasteiger charge is -2.19. The zero-order chi connectivity index (χ0) is 25.0. The predicted octanol–water partition coefficient (Wildman–Crippen LogP) is 5.65. The minimum atomic E-state index is -0.0972. The summed E-state index contributed by atoms with van der Waals surface area (Å²) in [6.45, 7) is 9.02. The Morgan fingerprint density at radius 2 is 1.19 bits per heavy atom. The Kier molecular flexibility index (Phi) is 5.11. The van der Waals surface area contributed by atoms with Crippen molar-refractivity contribution in [3.8, 4) is 33.8 Å². The van der Waals surface area contributed by atoms with Gasteiger partial charge >= 0.3 is 0 Å². The van der Waals surface area contributed by atoms with E-state index < -0.39 is 0 Å². The van der Waals surface area contributed by atoms with Gasteiger partial charge in [0, 0.05) is 63.6 Å². The molecular formula is C33H32N3+3. The summed E-state index contributed by atoms with van der Waals surface area (Å²) in [6, 6.07) is 26.2. The molecule has 1 aliphatic rings. The number of aromatic nitrogens is 3. The number of fused-ring (bicyclic) bond motifs is 3. The maximum Gasteiger partial charge on any atom is 0.217 e. The average Bonchev–Trinajstić information content (AvgIpc) is 3.11. The standard InChI is InChI=1S/C33H32N3/c1-23-10-6-8-12-30(23)35-17-14-25(15-18-35)26-20-28-32(34(5)21-26)27-16-19-36(22-29(27)33(28,3)4)31-13-9-7-11-24(31)2/h6-22H,1-5H3/q+3. The molecule has 1 aliphatic carbocycles. The number of para-hydroxylation sites is 2. The van der Waals surface area contributed by atoms with Crippen LogP contribution in [0.3, 0.4) is 0 Å². The quantitative estimate of drug-likeness (QED) is 0.302. The zero-order valence-electron chi connectivity index (χ0n) is 21.7. The van der Waals surface area contributed by atoms with Crippen LogP contribution in [0, 0.1) is 13.8 Å². The lowest BCUT2D eigenvalue weighted by molar-refractivity contribution is -0.660. The van der Waals surface area contributed by atoms with Crippen molar-refractivity contribution < 1.29 is 13.7 Å². The molecule has 3 heteroatoms. The third-order valence-corrected chi connectivity index (χ3v) is 7.75. The fraction of sp³-hybridized carbons (Fsp3) is 0.182. The first-order valence-corrected chi connectivity index (χ1v) is 12.6. The average molecular weight is 471 g/mol. The molecule has 0 fully saturated rings. The van der Waals surface area contributed by atoms with Crippen molar-refractivity contribution in [1.82, 2.24) is 0 Å². The highest BCUT2D eigenvalue weighted by Crippen LogP contribution is 2.47. The third-order valence-electron chi connectivity index (χ3n) is 7.75. The molecule has 2 aromatic carbocycles. The second kappa shape index (κ2) is 8.23. The summed E-state index contributed by atoms with van der Waals surface area (Å²) in [6.07, 6.45) is 11.1. The minimum Gasteiger partial charge on any atom is -0.200 e. The van der Waals surface area contributed by atoms with Crippen LogP contribution in [-0.2, 0) is 12.5 Å². The first-order chi connectivity index (χ1) is 17.3. The van der Waals surface area contributed by atoms with Crippen LogP contribution in [0.1, 0.15) is 36.1 Å². The van der Waals surface area contributed by atoms with E-state index in [9.17, 15) is 0 Å². The summed E-state index contributed by atoms with van der Waals surface area (Å²) in [7, 11) is 2.17. The molecule has 0 unspecified atom stereocenters. The van der Waals surface area contributed by atoms with E-state index in [2.05, 4.69) is 152 Å². The number of nitrogens with zero attached hydrogens (tertiary/aromatic N) is 3. The van der Waals surface area contributed by atoms with Crippen LogP contribution >= 0.6 is 0 Å². The molecule has 0 amide bonds. The van der Waals surface area contributed by atoms with E-state index in [0.29, 0.717) is 0 Å². The number of hydrogen-bond acceptors (Lipinski definition) is 0. The van der Waals surface area contributed by atoms with E-state index in [1.54, 1.807) is 0 Å². The van der Waals surface area contributed by atoms with Gasteiger partial charge in [-0.15, -0.1) is 0 Å². The number of rotatable bonds is 3. The van der Waals surface area contributed by atoms with Gasteiger partial charge < -0.3 is 0 Å². The smallest absolute Gasteiger partial charge is 0.200 e. The van der Waals surface area contributed by atoms with Crippen LogP contribution in [-0.4, -0.2) is 0 Å². The molecule has 0 aliphatic heterocycles. The molecule has 0 N–H and O–H groups in total. The van der Waals surface area contributed by atoms with Gasteiger partial charge in [-0.05, 0) is 25.5 Å². The van der Waals surface area contributed by atoms with E-state index in [1.165, 1.54) is 56.0 Å². The molecule has 0 spiro atoms. The van der Waals surface area contributed by atoms with Crippen molar-refractivity contribution in [3.63, 3.8) is 0 Å². The number of benzene rings is 2. The van der Waals surface area contributed by atoms with Gasteiger partial charge in [-0.3, -0.25) is 0 Å². The molecule has 6 rings (SSSR count). The SMILES string of the molecule is Cc1ccccc1-[n+]1ccc(-c2cc3c([n+](C)c2)-c2cc[n+](-c4ccccc4C)cc2C3(C)C)cc1. The van der Waals surface area contributed by atoms with Crippen LogP contribution in [0.25, 0.3) is 33.8 Å². The second-order valence-corrected chi connectivity index (χ2v) is 10.5. The number of hydrogen-bond donors (Lipinski definition) is 0. The molecule has 176 valence electrons. The summed E-state index contributed by atoms with van der Waals surface area (Å²) in [5.74, 6) is 0. The molecule has 36 heavy (non-hydrogen) atoms. The third kappa shape index (κ3) is 3.46. The molecule has 0 radical (unpaired) electrons. The molecule has 0 atom stereocenters.